The highest BCUT2D eigenvalue weighted by Crippen LogP contribution is 2.17. The van der Waals surface area contributed by atoms with Crippen LogP contribution in [0.25, 0.3) is 0 Å². The Kier molecular flexibility index (Phi) is 4.93. The van der Waals surface area contributed by atoms with E-state index in [1.54, 1.807) is 23.1 Å². The molecule has 24 heavy (non-hydrogen) atoms. The van der Waals surface area contributed by atoms with Gasteiger partial charge in [-0.05, 0) is 35.9 Å². The summed E-state index contributed by atoms with van der Waals surface area (Å²) in [5.41, 5.74) is 1.68. The van der Waals surface area contributed by atoms with Gasteiger partial charge in [-0.3, -0.25) is 0 Å². The van der Waals surface area contributed by atoms with E-state index in [0.29, 0.717) is 32.7 Å². The lowest BCUT2D eigenvalue weighted by Gasteiger charge is -2.36. The first-order valence-electron chi connectivity index (χ1n) is 7.89. The Morgan fingerprint density at radius 3 is 2.33 bits per heavy atom. The summed E-state index contributed by atoms with van der Waals surface area (Å²) in [6, 6.07) is 12.4. The van der Waals surface area contributed by atoms with Crippen LogP contribution in [0, 0.1) is 11.6 Å². The van der Waals surface area contributed by atoms with Gasteiger partial charge < -0.3 is 15.1 Å². The van der Waals surface area contributed by atoms with Gasteiger partial charge in [0.15, 0.2) is 0 Å². The maximum atomic E-state index is 13.3. The minimum absolute atomic E-state index is 0.141. The van der Waals surface area contributed by atoms with E-state index in [0.717, 1.165) is 11.3 Å². The topological polar surface area (TPSA) is 35.6 Å². The third kappa shape index (κ3) is 4.01. The van der Waals surface area contributed by atoms with E-state index < -0.39 is 0 Å². The number of urea groups is 1. The summed E-state index contributed by atoms with van der Waals surface area (Å²) in [4.78, 5) is 16.0. The van der Waals surface area contributed by atoms with Crippen LogP contribution in [-0.4, -0.2) is 37.1 Å². The van der Waals surface area contributed by atoms with Crippen LogP contribution in [0.15, 0.2) is 48.5 Å². The molecule has 0 unspecified atom stereocenters. The molecule has 0 spiro atoms. The highest BCUT2D eigenvalue weighted by atomic mass is 19.1. The van der Waals surface area contributed by atoms with Gasteiger partial charge in [0.2, 0.25) is 0 Å². The van der Waals surface area contributed by atoms with Crippen molar-refractivity contribution >= 4 is 11.7 Å². The van der Waals surface area contributed by atoms with Gasteiger partial charge in [-0.2, -0.15) is 0 Å². The van der Waals surface area contributed by atoms with E-state index in [9.17, 15) is 13.6 Å². The monoisotopic (exact) mass is 331 g/mol. The van der Waals surface area contributed by atoms with Crippen molar-refractivity contribution in [1.29, 1.82) is 0 Å². The molecule has 1 heterocycles. The van der Waals surface area contributed by atoms with Gasteiger partial charge in [-0.15, -0.1) is 0 Å². The zero-order valence-electron chi connectivity index (χ0n) is 13.2. The van der Waals surface area contributed by atoms with Gasteiger partial charge >= 0.3 is 6.03 Å². The number of amides is 2. The van der Waals surface area contributed by atoms with Crippen molar-refractivity contribution in [3.8, 4) is 0 Å². The van der Waals surface area contributed by atoms with Crippen molar-refractivity contribution in [3.63, 3.8) is 0 Å². The van der Waals surface area contributed by atoms with Crippen LogP contribution in [-0.2, 0) is 6.54 Å². The summed E-state index contributed by atoms with van der Waals surface area (Å²) in [5.74, 6) is -0.550. The molecule has 126 valence electrons. The second-order valence-electron chi connectivity index (χ2n) is 5.74. The number of rotatable bonds is 3. The van der Waals surface area contributed by atoms with Crippen molar-refractivity contribution < 1.29 is 13.6 Å². The van der Waals surface area contributed by atoms with Crippen molar-refractivity contribution in [2.45, 2.75) is 6.54 Å². The molecule has 3 rings (SSSR count). The minimum atomic E-state index is -0.293. The van der Waals surface area contributed by atoms with Crippen LogP contribution < -0.4 is 10.2 Å². The molecular weight excluding hydrogens is 312 g/mol. The number of piperazine rings is 1. The Morgan fingerprint density at radius 1 is 0.958 bits per heavy atom. The van der Waals surface area contributed by atoms with E-state index in [1.165, 1.54) is 24.3 Å². The molecule has 0 saturated carbocycles. The molecule has 1 aliphatic rings. The van der Waals surface area contributed by atoms with E-state index in [1.807, 2.05) is 6.07 Å². The third-order valence-corrected chi connectivity index (χ3v) is 4.10. The van der Waals surface area contributed by atoms with Gasteiger partial charge in [-0.1, -0.05) is 18.2 Å². The number of hydrogen-bond donors (Lipinski definition) is 1. The first-order valence-corrected chi connectivity index (χ1v) is 7.89. The SMILES string of the molecule is O=C(NCc1ccc(F)cc1)N1CCN(c2cccc(F)c2)CC1. The number of hydrogen-bond acceptors (Lipinski definition) is 2. The predicted octanol–water partition coefficient (Wildman–Crippen LogP) is 3.00. The maximum absolute atomic E-state index is 13.3. The average molecular weight is 331 g/mol. The van der Waals surface area contributed by atoms with Crippen LogP contribution in [0.3, 0.4) is 0 Å². The number of nitrogens with zero attached hydrogens (tertiary/aromatic N) is 2. The quantitative estimate of drug-likeness (QED) is 0.938. The number of carbonyl (C=O) groups excluding carboxylic acids is 1. The zero-order chi connectivity index (χ0) is 16.9. The smallest absolute Gasteiger partial charge is 0.317 e. The van der Waals surface area contributed by atoms with Crippen molar-refractivity contribution in [1.82, 2.24) is 10.2 Å². The normalized spacial score (nSPS) is 14.6. The predicted molar refractivity (Wildman–Crippen MR) is 88.8 cm³/mol. The van der Waals surface area contributed by atoms with Crippen molar-refractivity contribution in [3.05, 3.63) is 65.7 Å². The van der Waals surface area contributed by atoms with Gasteiger partial charge in [0, 0.05) is 38.4 Å². The Labute approximate surface area is 139 Å². The fourth-order valence-corrected chi connectivity index (χ4v) is 2.73. The van der Waals surface area contributed by atoms with Gasteiger partial charge in [0.1, 0.15) is 11.6 Å². The number of halogens is 2. The molecular formula is C18H19F2N3O. The van der Waals surface area contributed by atoms with Gasteiger partial charge in [-0.25, -0.2) is 13.6 Å². The Balaban J connectivity index is 1.49. The molecule has 0 aliphatic carbocycles. The number of nitrogens with one attached hydrogen (secondary N) is 1. The molecule has 0 aromatic heterocycles. The molecule has 2 amide bonds. The minimum Gasteiger partial charge on any atom is -0.368 e. The zero-order valence-corrected chi connectivity index (χ0v) is 13.2. The molecule has 1 N–H and O–H groups in total. The van der Waals surface area contributed by atoms with E-state index in [2.05, 4.69) is 10.2 Å². The molecule has 2 aromatic rings. The Bertz CT molecular complexity index is 698. The largest absolute Gasteiger partial charge is 0.368 e. The summed E-state index contributed by atoms with van der Waals surface area (Å²) < 4.78 is 26.1. The first-order chi connectivity index (χ1) is 11.6. The number of benzene rings is 2. The lowest BCUT2D eigenvalue weighted by atomic mass is 10.2. The third-order valence-electron chi connectivity index (χ3n) is 4.10. The Morgan fingerprint density at radius 2 is 1.67 bits per heavy atom. The molecule has 1 aliphatic heterocycles. The fraction of sp³-hybridized carbons (Fsp3) is 0.278. The summed E-state index contributed by atoms with van der Waals surface area (Å²) in [6.45, 7) is 2.83. The van der Waals surface area contributed by atoms with Crippen molar-refractivity contribution in [2.75, 3.05) is 31.1 Å². The lowest BCUT2D eigenvalue weighted by molar-refractivity contribution is 0.194. The summed E-state index contributed by atoms with van der Waals surface area (Å²) in [5, 5.41) is 2.84. The second-order valence-corrected chi connectivity index (χ2v) is 5.74. The number of carbonyl (C=O) groups is 1. The highest BCUT2D eigenvalue weighted by molar-refractivity contribution is 5.74. The number of anilines is 1. The van der Waals surface area contributed by atoms with Crippen LogP contribution in [0.4, 0.5) is 19.3 Å². The average Bonchev–Trinajstić information content (AvgIpc) is 2.61. The Hall–Kier alpha value is -2.63. The molecule has 1 fully saturated rings. The van der Waals surface area contributed by atoms with Gasteiger partial charge in [0.25, 0.3) is 0 Å². The van der Waals surface area contributed by atoms with E-state index in [-0.39, 0.29) is 17.7 Å². The van der Waals surface area contributed by atoms with Crippen LogP contribution in [0.2, 0.25) is 0 Å². The fourth-order valence-electron chi connectivity index (χ4n) is 2.73. The van der Waals surface area contributed by atoms with Crippen LogP contribution >= 0.6 is 0 Å². The molecule has 4 nitrogen and oxygen atoms in total. The highest BCUT2D eigenvalue weighted by Gasteiger charge is 2.21. The van der Waals surface area contributed by atoms with Crippen molar-refractivity contribution in [2.24, 2.45) is 0 Å². The lowest BCUT2D eigenvalue weighted by Crippen LogP contribution is -2.51. The second kappa shape index (κ2) is 7.29. The summed E-state index contributed by atoms with van der Waals surface area (Å²) in [7, 11) is 0. The van der Waals surface area contributed by atoms with E-state index >= 15 is 0 Å². The maximum Gasteiger partial charge on any atom is 0.317 e. The molecule has 0 radical (unpaired) electrons. The van der Waals surface area contributed by atoms with E-state index in [4.69, 9.17) is 0 Å². The molecule has 0 bridgehead atoms. The summed E-state index contributed by atoms with van der Waals surface area (Å²) in [6.07, 6.45) is 0. The first kappa shape index (κ1) is 16.2. The standard InChI is InChI=1S/C18H19F2N3O/c19-15-6-4-14(5-7-15)13-21-18(24)23-10-8-22(9-11-23)17-3-1-2-16(20)12-17/h1-7,12H,8-11,13H2,(H,21,24). The molecule has 6 heteroatoms. The van der Waals surface area contributed by atoms with Crippen LogP contribution in [0.5, 0.6) is 0 Å². The molecule has 0 atom stereocenters. The van der Waals surface area contributed by atoms with Gasteiger partial charge in [0.05, 0.1) is 0 Å². The molecule has 2 aromatic carbocycles. The van der Waals surface area contributed by atoms with Crippen LogP contribution in [0.1, 0.15) is 5.56 Å². The summed E-state index contributed by atoms with van der Waals surface area (Å²) >= 11 is 0. The molecule has 1 saturated heterocycles.